The van der Waals surface area contributed by atoms with Gasteiger partial charge in [-0.05, 0) is 35.4 Å². The molecule has 2 amide bonds. The molecule has 5 nitrogen and oxygen atoms in total. The van der Waals surface area contributed by atoms with Gasteiger partial charge in [-0.15, -0.1) is 0 Å². The number of hydrogen-bond donors (Lipinski definition) is 1. The number of hydrogen-bond acceptors (Lipinski definition) is 3. The summed E-state index contributed by atoms with van der Waals surface area (Å²) in [7, 11) is 0. The molecule has 0 aliphatic carbocycles. The van der Waals surface area contributed by atoms with Crippen LogP contribution in [0.15, 0.2) is 48.5 Å². The third-order valence-electron chi connectivity index (χ3n) is 4.38. The van der Waals surface area contributed by atoms with Crippen LogP contribution in [-0.4, -0.2) is 23.3 Å². The molecule has 0 unspecified atom stereocenters. The number of carbonyl (C=O) groups is 2. The Morgan fingerprint density at radius 1 is 1.07 bits per heavy atom. The van der Waals surface area contributed by atoms with Gasteiger partial charge in [-0.2, -0.15) is 5.26 Å². The van der Waals surface area contributed by atoms with Crippen molar-refractivity contribution in [2.45, 2.75) is 40.3 Å². The van der Waals surface area contributed by atoms with Gasteiger partial charge in [0, 0.05) is 31.5 Å². The first-order chi connectivity index (χ1) is 13.7. The zero-order valence-corrected chi connectivity index (χ0v) is 17.0. The second kappa shape index (κ2) is 9.83. The number of halogens is 1. The summed E-state index contributed by atoms with van der Waals surface area (Å²) in [5, 5.41) is 11.7. The van der Waals surface area contributed by atoms with Crippen molar-refractivity contribution in [1.82, 2.24) is 10.2 Å². The highest BCUT2D eigenvalue weighted by atomic mass is 19.1. The summed E-state index contributed by atoms with van der Waals surface area (Å²) in [5.41, 5.74) is 1.58. The van der Waals surface area contributed by atoms with Crippen LogP contribution in [0.3, 0.4) is 0 Å². The Balaban J connectivity index is 2.09. The first-order valence-corrected chi connectivity index (χ1v) is 9.48. The summed E-state index contributed by atoms with van der Waals surface area (Å²) in [4.78, 5) is 26.4. The zero-order valence-electron chi connectivity index (χ0n) is 17.0. The molecule has 2 rings (SSSR count). The fourth-order valence-electron chi connectivity index (χ4n) is 2.70. The average molecular weight is 395 g/mol. The minimum Gasteiger partial charge on any atom is -0.355 e. The molecule has 0 aliphatic heterocycles. The lowest BCUT2D eigenvalue weighted by Gasteiger charge is -2.24. The first-order valence-electron chi connectivity index (χ1n) is 9.48. The van der Waals surface area contributed by atoms with Crippen LogP contribution >= 0.6 is 0 Å². The molecule has 0 bridgehead atoms. The van der Waals surface area contributed by atoms with Gasteiger partial charge in [0.15, 0.2) is 0 Å². The Bertz CT molecular complexity index is 896. The second-order valence-corrected chi connectivity index (χ2v) is 7.94. The molecular formula is C23H26FN3O2. The molecule has 1 N–H and O–H groups in total. The fourth-order valence-corrected chi connectivity index (χ4v) is 2.70. The summed E-state index contributed by atoms with van der Waals surface area (Å²) in [5.74, 6) is -0.618. The van der Waals surface area contributed by atoms with Crippen molar-refractivity contribution in [3.63, 3.8) is 0 Å². The molecule has 0 aliphatic rings. The van der Waals surface area contributed by atoms with E-state index in [0.29, 0.717) is 17.7 Å². The molecule has 0 aromatic heterocycles. The highest BCUT2D eigenvalue weighted by Gasteiger charge is 2.21. The van der Waals surface area contributed by atoms with Crippen molar-refractivity contribution in [2.24, 2.45) is 5.41 Å². The number of benzene rings is 2. The summed E-state index contributed by atoms with van der Waals surface area (Å²) < 4.78 is 13.6. The largest absolute Gasteiger partial charge is 0.355 e. The Morgan fingerprint density at radius 2 is 1.72 bits per heavy atom. The highest BCUT2D eigenvalue weighted by Crippen LogP contribution is 2.15. The van der Waals surface area contributed by atoms with Gasteiger partial charge in [-0.25, -0.2) is 4.39 Å². The van der Waals surface area contributed by atoms with Gasteiger partial charge >= 0.3 is 0 Å². The third kappa shape index (κ3) is 7.04. The van der Waals surface area contributed by atoms with E-state index in [-0.39, 0.29) is 37.1 Å². The zero-order chi connectivity index (χ0) is 21.4. The molecule has 0 heterocycles. The van der Waals surface area contributed by atoms with Gasteiger partial charge in [0.1, 0.15) is 5.82 Å². The molecule has 2 aromatic carbocycles. The van der Waals surface area contributed by atoms with E-state index in [0.717, 1.165) is 5.56 Å². The smallest absolute Gasteiger partial charge is 0.225 e. The van der Waals surface area contributed by atoms with Gasteiger partial charge in [0.2, 0.25) is 11.8 Å². The fraction of sp³-hybridized carbons (Fsp3) is 0.348. The van der Waals surface area contributed by atoms with Gasteiger partial charge in [-0.1, -0.05) is 45.0 Å². The van der Waals surface area contributed by atoms with Gasteiger partial charge in [0.05, 0.1) is 11.6 Å². The topological polar surface area (TPSA) is 73.2 Å². The van der Waals surface area contributed by atoms with E-state index in [2.05, 4.69) is 11.4 Å². The van der Waals surface area contributed by atoms with Crippen molar-refractivity contribution < 1.29 is 14.0 Å². The number of amides is 2. The quantitative estimate of drug-likeness (QED) is 0.775. The first kappa shape index (κ1) is 22.1. The van der Waals surface area contributed by atoms with E-state index in [9.17, 15) is 14.0 Å². The lowest BCUT2D eigenvalue weighted by Crippen LogP contribution is -2.38. The Morgan fingerprint density at radius 3 is 2.31 bits per heavy atom. The van der Waals surface area contributed by atoms with Crippen LogP contribution < -0.4 is 5.32 Å². The predicted molar refractivity (Wildman–Crippen MR) is 109 cm³/mol. The summed E-state index contributed by atoms with van der Waals surface area (Å²) in [6.45, 7) is 6.25. The molecular weight excluding hydrogens is 369 g/mol. The lowest BCUT2D eigenvalue weighted by atomic mass is 9.96. The Hall–Kier alpha value is -3.20. The van der Waals surface area contributed by atoms with Crippen molar-refractivity contribution in [1.29, 1.82) is 5.26 Å². The normalized spacial score (nSPS) is 10.9. The van der Waals surface area contributed by atoms with Gasteiger partial charge in [0.25, 0.3) is 0 Å². The van der Waals surface area contributed by atoms with E-state index < -0.39 is 5.41 Å². The molecule has 0 atom stereocenters. The van der Waals surface area contributed by atoms with E-state index in [4.69, 9.17) is 5.26 Å². The van der Waals surface area contributed by atoms with Crippen LogP contribution in [0.5, 0.6) is 0 Å². The van der Waals surface area contributed by atoms with Crippen LogP contribution in [0.1, 0.15) is 43.9 Å². The number of nitrogens with one attached hydrogen (secondary N) is 1. The summed E-state index contributed by atoms with van der Waals surface area (Å²) in [6.07, 6.45) is 0.146. The number of rotatable bonds is 7. The molecule has 29 heavy (non-hydrogen) atoms. The number of nitriles is 1. The van der Waals surface area contributed by atoms with E-state index >= 15 is 0 Å². The Labute approximate surface area is 171 Å². The van der Waals surface area contributed by atoms with Crippen LogP contribution in [0.25, 0.3) is 0 Å². The van der Waals surface area contributed by atoms with Gasteiger partial charge < -0.3 is 10.2 Å². The molecule has 0 spiro atoms. The maximum atomic E-state index is 13.6. The highest BCUT2D eigenvalue weighted by molar-refractivity contribution is 5.82. The average Bonchev–Trinajstić information content (AvgIpc) is 2.67. The van der Waals surface area contributed by atoms with E-state index in [1.54, 1.807) is 41.3 Å². The molecule has 0 saturated heterocycles. The Kier molecular flexibility index (Phi) is 7.49. The maximum Gasteiger partial charge on any atom is 0.225 e. The van der Waals surface area contributed by atoms with Crippen LogP contribution in [0.2, 0.25) is 0 Å². The third-order valence-corrected chi connectivity index (χ3v) is 4.38. The van der Waals surface area contributed by atoms with Crippen molar-refractivity contribution in [3.05, 3.63) is 71.0 Å². The van der Waals surface area contributed by atoms with Crippen LogP contribution in [0.4, 0.5) is 4.39 Å². The van der Waals surface area contributed by atoms with Crippen molar-refractivity contribution >= 4 is 11.8 Å². The number of nitrogens with zero attached hydrogens (tertiary/aromatic N) is 2. The summed E-state index contributed by atoms with van der Waals surface area (Å²) in [6, 6.07) is 15.2. The molecule has 0 saturated carbocycles. The van der Waals surface area contributed by atoms with Gasteiger partial charge in [-0.3, -0.25) is 9.59 Å². The minimum atomic E-state index is -0.521. The number of carbonyl (C=O) groups excluding carboxylic acids is 2. The molecule has 0 radical (unpaired) electrons. The van der Waals surface area contributed by atoms with E-state index in [1.807, 2.05) is 20.8 Å². The molecule has 2 aromatic rings. The monoisotopic (exact) mass is 395 g/mol. The standard InChI is InChI=1S/C23H26FN3O2/c1-23(2,3)22(29)26-12-11-21(28)27(16-19-5-4-6-20(24)13-19)15-18-9-7-17(14-25)8-10-18/h4-10,13H,11-12,15-16H2,1-3H3,(H,26,29). The van der Waals surface area contributed by atoms with E-state index in [1.165, 1.54) is 12.1 Å². The molecule has 6 heteroatoms. The van der Waals surface area contributed by atoms with Crippen molar-refractivity contribution in [2.75, 3.05) is 6.54 Å². The predicted octanol–water partition coefficient (Wildman–Crippen LogP) is 3.78. The SMILES string of the molecule is CC(C)(C)C(=O)NCCC(=O)N(Cc1ccc(C#N)cc1)Cc1cccc(F)c1. The second-order valence-electron chi connectivity index (χ2n) is 7.94. The van der Waals surface area contributed by atoms with Crippen LogP contribution in [-0.2, 0) is 22.7 Å². The maximum absolute atomic E-state index is 13.6. The summed E-state index contributed by atoms with van der Waals surface area (Å²) >= 11 is 0. The molecule has 152 valence electrons. The lowest BCUT2D eigenvalue weighted by molar-refractivity contribution is -0.133. The van der Waals surface area contributed by atoms with Crippen molar-refractivity contribution in [3.8, 4) is 6.07 Å². The molecule has 0 fully saturated rings. The van der Waals surface area contributed by atoms with Crippen LogP contribution in [0, 0.1) is 22.6 Å². The minimum absolute atomic E-state index is 0.117.